The molecule has 0 aliphatic carbocycles. The Morgan fingerprint density at radius 1 is 1.38 bits per heavy atom. The fraction of sp³-hybridized carbons (Fsp3) is 0.909. The predicted molar refractivity (Wildman–Crippen MR) is 59.0 cm³/mol. The van der Waals surface area contributed by atoms with Crippen LogP contribution in [0, 0.1) is 0 Å². The van der Waals surface area contributed by atoms with Crippen LogP contribution in [0.2, 0.25) is 0 Å². The zero-order valence-electron chi connectivity index (χ0n) is 9.81. The van der Waals surface area contributed by atoms with Crippen LogP contribution < -0.4 is 0 Å². The van der Waals surface area contributed by atoms with E-state index in [0.29, 0.717) is 6.54 Å². The van der Waals surface area contributed by atoms with Gasteiger partial charge in [0.2, 0.25) is 0 Å². The van der Waals surface area contributed by atoms with Crippen molar-refractivity contribution in [3.63, 3.8) is 0 Å². The van der Waals surface area contributed by atoms with Gasteiger partial charge in [-0.25, -0.2) is 0 Å². The van der Waals surface area contributed by atoms with E-state index in [1.807, 2.05) is 0 Å². The molecule has 0 amide bonds. The van der Waals surface area contributed by atoms with E-state index in [-0.39, 0.29) is 6.61 Å². The van der Waals surface area contributed by atoms with E-state index in [0.717, 1.165) is 25.9 Å². The molecule has 1 aliphatic rings. The first-order valence-electron chi connectivity index (χ1n) is 5.75. The van der Waals surface area contributed by atoms with E-state index in [1.54, 1.807) is 0 Å². The van der Waals surface area contributed by atoms with Crippen molar-refractivity contribution in [2.45, 2.75) is 31.8 Å². The van der Waals surface area contributed by atoms with E-state index in [4.69, 9.17) is 9.84 Å². The quantitative estimate of drug-likeness (QED) is 0.639. The molecule has 2 N–H and O–H groups in total. The van der Waals surface area contributed by atoms with Crippen molar-refractivity contribution in [1.29, 1.82) is 0 Å². The van der Waals surface area contributed by atoms with Gasteiger partial charge >= 0.3 is 5.97 Å². The molecule has 1 fully saturated rings. The van der Waals surface area contributed by atoms with E-state index >= 15 is 0 Å². The molecule has 0 aromatic heterocycles. The molecular formula is C11H21NO4. The number of nitrogens with zero attached hydrogens (tertiary/aromatic N) is 1. The number of carbonyl (C=O) groups excluding carboxylic acids is 1. The molecule has 0 aromatic rings. The number of esters is 1. The molecule has 0 aromatic carbocycles. The first-order valence-corrected chi connectivity index (χ1v) is 5.75. The molecule has 0 bridgehead atoms. The third kappa shape index (κ3) is 4.47. The number of likely N-dealkylation sites (tertiary alicyclic amines) is 1. The maximum Gasteiger partial charge on any atom is 0.302 e. The Morgan fingerprint density at radius 2 is 2.00 bits per heavy atom. The highest BCUT2D eigenvalue weighted by molar-refractivity contribution is 5.65. The lowest BCUT2D eigenvalue weighted by Crippen LogP contribution is -2.50. The lowest BCUT2D eigenvalue weighted by atomic mass is 10.0. The molecule has 5 nitrogen and oxygen atoms in total. The van der Waals surface area contributed by atoms with Gasteiger partial charge in [-0.1, -0.05) is 6.42 Å². The summed E-state index contributed by atoms with van der Waals surface area (Å²) in [4.78, 5) is 12.8. The Balaban J connectivity index is 2.40. The summed E-state index contributed by atoms with van der Waals surface area (Å²) in [6, 6.07) is 0. The zero-order chi connectivity index (χ0) is 12.0. The topological polar surface area (TPSA) is 70.0 Å². The maximum atomic E-state index is 10.7. The molecule has 5 heteroatoms. The molecular weight excluding hydrogens is 210 g/mol. The Hall–Kier alpha value is -0.650. The second-order valence-electron chi connectivity index (χ2n) is 4.50. The number of hydrogen-bond acceptors (Lipinski definition) is 5. The van der Waals surface area contributed by atoms with Gasteiger partial charge in [-0.2, -0.15) is 0 Å². The average Bonchev–Trinajstić information content (AvgIpc) is 2.28. The monoisotopic (exact) mass is 231 g/mol. The molecule has 1 saturated heterocycles. The number of piperidine rings is 1. The number of β-amino-alcohol motifs (C(OH)–C–C–N with tert-alkyl or cyclic N) is 1. The minimum absolute atomic E-state index is 0.144. The van der Waals surface area contributed by atoms with Gasteiger partial charge in [-0.3, -0.25) is 4.79 Å². The van der Waals surface area contributed by atoms with Gasteiger partial charge in [-0.15, -0.1) is 0 Å². The van der Waals surface area contributed by atoms with Crippen LogP contribution in [0.5, 0.6) is 0 Å². The SMILES string of the molecule is CC(=O)OCC(O)(CO)CN1CCCCC1. The molecule has 1 heterocycles. The summed E-state index contributed by atoms with van der Waals surface area (Å²) >= 11 is 0. The van der Waals surface area contributed by atoms with Crippen molar-refractivity contribution in [1.82, 2.24) is 4.90 Å². The number of rotatable bonds is 5. The number of hydrogen-bond donors (Lipinski definition) is 2. The molecule has 94 valence electrons. The van der Waals surface area contributed by atoms with Gasteiger partial charge in [0.15, 0.2) is 0 Å². The highest BCUT2D eigenvalue weighted by Crippen LogP contribution is 2.14. The molecule has 1 rings (SSSR count). The second-order valence-corrected chi connectivity index (χ2v) is 4.50. The van der Waals surface area contributed by atoms with Crippen LogP contribution in [-0.2, 0) is 9.53 Å². The minimum Gasteiger partial charge on any atom is -0.463 e. The normalized spacial score (nSPS) is 21.4. The standard InChI is InChI=1S/C11H21NO4/c1-10(14)16-9-11(15,8-13)7-12-5-3-2-4-6-12/h13,15H,2-9H2,1H3. The van der Waals surface area contributed by atoms with E-state index in [9.17, 15) is 9.90 Å². The molecule has 1 aliphatic heterocycles. The number of aliphatic hydroxyl groups is 2. The smallest absolute Gasteiger partial charge is 0.302 e. The van der Waals surface area contributed by atoms with Crippen molar-refractivity contribution < 1.29 is 19.7 Å². The zero-order valence-corrected chi connectivity index (χ0v) is 9.81. The van der Waals surface area contributed by atoms with Crippen LogP contribution in [0.25, 0.3) is 0 Å². The fourth-order valence-corrected chi connectivity index (χ4v) is 1.91. The van der Waals surface area contributed by atoms with Crippen LogP contribution in [0.15, 0.2) is 0 Å². The van der Waals surface area contributed by atoms with Gasteiger partial charge in [0, 0.05) is 13.5 Å². The third-order valence-corrected chi connectivity index (χ3v) is 2.81. The van der Waals surface area contributed by atoms with Crippen molar-refractivity contribution in [2.24, 2.45) is 0 Å². The van der Waals surface area contributed by atoms with Gasteiger partial charge in [0.25, 0.3) is 0 Å². The van der Waals surface area contributed by atoms with Crippen LogP contribution in [0.4, 0.5) is 0 Å². The summed E-state index contributed by atoms with van der Waals surface area (Å²) in [6.45, 7) is 2.98. The number of carbonyl (C=O) groups is 1. The van der Waals surface area contributed by atoms with Gasteiger partial charge in [-0.05, 0) is 25.9 Å². The summed E-state index contributed by atoms with van der Waals surface area (Å²) in [7, 11) is 0. The van der Waals surface area contributed by atoms with Crippen LogP contribution in [-0.4, -0.2) is 59.5 Å². The minimum atomic E-state index is -1.33. The highest BCUT2D eigenvalue weighted by atomic mass is 16.5. The molecule has 0 saturated carbocycles. The van der Waals surface area contributed by atoms with Crippen molar-refractivity contribution in [2.75, 3.05) is 32.8 Å². The molecule has 1 atom stereocenters. The first-order chi connectivity index (χ1) is 7.56. The van der Waals surface area contributed by atoms with Crippen molar-refractivity contribution >= 4 is 5.97 Å². The lowest BCUT2D eigenvalue weighted by Gasteiger charge is -2.34. The molecule has 0 radical (unpaired) electrons. The summed E-state index contributed by atoms with van der Waals surface area (Å²) in [5.41, 5.74) is -1.33. The number of ether oxygens (including phenoxy) is 1. The number of aliphatic hydroxyl groups excluding tert-OH is 1. The highest BCUT2D eigenvalue weighted by Gasteiger charge is 2.30. The lowest BCUT2D eigenvalue weighted by molar-refractivity contribution is -0.153. The summed E-state index contributed by atoms with van der Waals surface area (Å²) in [6.07, 6.45) is 3.46. The average molecular weight is 231 g/mol. The Kier molecular flexibility index (Phi) is 5.18. The van der Waals surface area contributed by atoms with E-state index in [1.165, 1.54) is 13.3 Å². The van der Waals surface area contributed by atoms with Crippen LogP contribution in [0.1, 0.15) is 26.2 Å². The predicted octanol–water partition coefficient (Wildman–Crippen LogP) is -0.241. The van der Waals surface area contributed by atoms with E-state index in [2.05, 4.69) is 4.90 Å². The van der Waals surface area contributed by atoms with Crippen LogP contribution >= 0.6 is 0 Å². The summed E-state index contributed by atoms with van der Waals surface area (Å²) in [5.74, 6) is -0.439. The second kappa shape index (κ2) is 6.18. The fourth-order valence-electron chi connectivity index (χ4n) is 1.91. The summed E-state index contributed by atoms with van der Waals surface area (Å²) < 4.78 is 4.76. The third-order valence-electron chi connectivity index (χ3n) is 2.81. The first kappa shape index (κ1) is 13.4. The largest absolute Gasteiger partial charge is 0.463 e. The van der Waals surface area contributed by atoms with Gasteiger partial charge < -0.3 is 19.8 Å². The van der Waals surface area contributed by atoms with E-state index < -0.39 is 18.2 Å². The van der Waals surface area contributed by atoms with Crippen molar-refractivity contribution in [3.8, 4) is 0 Å². The molecule has 0 spiro atoms. The Bertz CT molecular complexity index is 228. The van der Waals surface area contributed by atoms with Crippen LogP contribution in [0.3, 0.4) is 0 Å². The Labute approximate surface area is 96.0 Å². The molecule has 16 heavy (non-hydrogen) atoms. The Morgan fingerprint density at radius 3 is 2.50 bits per heavy atom. The van der Waals surface area contributed by atoms with Crippen molar-refractivity contribution in [3.05, 3.63) is 0 Å². The molecule has 1 unspecified atom stereocenters. The summed E-state index contributed by atoms with van der Waals surface area (Å²) in [5, 5.41) is 19.2. The maximum absolute atomic E-state index is 10.7. The van der Waals surface area contributed by atoms with Gasteiger partial charge in [0.05, 0.1) is 6.61 Å². The van der Waals surface area contributed by atoms with Gasteiger partial charge in [0.1, 0.15) is 12.2 Å².